The molecule has 4 aromatic rings. The highest BCUT2D eigenvalue weighted by molar-refractivity contribution is 7.89. The van der Waals surface area contributed by atoms with Crippen LogP contribution in [0.25, 0.3) is 22.0 Å². The maximum atomic E-state index is 12.9. The van der Waals surface area contributed by atoms with Gasteiger partial charge in [0.2, 0.25) is 16.0 Å². The molecule has 1 saturated carbocycles. The van der Waals surface area contributed by atoms with E-state index in [1.807, 2.05) is 85.7 Å². The first-order valence-corrected chi connectivity index (χ1v) is 14.7. The summed E-state index contributed by atoms with van der Waals surface area (Å²) in [7, 11) is 0.457. The van der Waals surface area contributed by atoms with Crippen LogP contribution in [0.4, 0.5) is 11.8 Å². The Morgan fingerprint density at radius 1 is 0.763 bits per heavy atom. The number of aromatic nitrogens is 2. The molecule has 1 heterocycles. The van der Waals surface area contributed by atoms with Gasteiger partial charge >= 0.3 is 0 Å². The van der Waals surface area contributed by atoms with Crippen LogP contribution >= 0.6 is 0 Å². The third-order valence-corrected chi connectivity index (χ3v) is 8.80. The van der Waals surface area contributed by atoms with E-state index < -0.39 is 10.0 Å². The molecular formula is C30H35N5O2S. The van der Waals surface area contributed by atoms with Gasteiger partial charge < -0.3 is 10.2 Å². The Bertz CT molecular complexity index is 1470. The van der Waals surface area contributed by atoms with Crippen LogP contribution in [-0.4, -0.2) is 45.6 Å². The molecular weight excluding hydrogens is 494 g/mol. The van der Waals surface area contributed by atoms with E-state index in [0.717, 1.165) is 60.1 Å². The van der Waals surface area contributed by atoms with Gasteiger partial charge in [-0.15, -0.1) is 0 Å². The molecule has 1 aliphatic rings. The third kappa shape index (κ3) is 6.14. The van der Waals surface area contributed by atoms with Crippen molar-refractivity contribution in [2.45, 2.75) is 30.6 Å². The normalized spacial score (nSPS) is 17.8. The smallest absolute Gasteiger partial charge is 0.240 e. The van der Waals surface area contributed by atoms with Gasteiger partial charge in [-0.2, -0.15) is 4.98 Å². The number of hydrogen-bond donors (Lipinski definition) is 2. The van der Waals surface area contributed by atoms with Gasteiger partial charge in [0.05, 0.1) is 10.4 Å². The van der Waals surface area contributed by atoms with Gasteiger partial charge in [0.1, 0.15) is 5.82 Å². The molecule has 0 unspecified atom stereocenters. The Hall–Kier alpha value is -3.49. The number of sulfonamides is 1. The molecule has 198 valence electrons. The lowest BCUT2D eigenvalue weighted by Gasteiger charge is -2.28. The minimum absolute atomic E-state index is 0.308. The van der Waals surface area contributed by atoms with Crippen molar-refractivity contribution in [3.63, 3.8) is 0 Å². The molecule has 0 aliphatic heterocycles. The number of nitrogens with zero attached hydrogens (tertiary/aromatic N) is 3. The Kier molecular flexibility index (Phi) is 7.90. The first-order chi connectivity index (χ1) is 18.4. The van der Waals surface area contributed by atoms with Gasteiger partial charge in [-0.3, -0.25) is 0 Å². The van der Waals surface area contributed by atoms with Crippen LogP contribution in [0.15, 0.2) is 83.8 Å². The predicted molar refractivity (Wildman–Crippen MR) is 155 cm³/mol. The summed E-state index contributed by atoms with van der Waals surface area (Å²) in [6.07, 6.45) is 4.12. The van der Waals surface area contributed by atoms with Crippen molar-refractivity contribution in [1.29, 1.82) is 0 Å². The van der Waals surface area contributed by atoms with Crippen molar-refractivity contribution in [3.8, 4) is 11.1 Å². The standard InChI is InChI=1S/C30H35N5O2S/c1-35(2)29-27-10-6-7-11-28(27)33-30(34-29)31-20-22-12-14-23(15-13-22)21-32-38(36,37)26-18-16-25(17-19-26)24-8-4-3-5-9-24/h3-11,16-19,22-23,32H,12-15,20-21H2,1-2H3,(H,31,33,34)/t22-,23-. The molecule has 1 aliphatic carbocycles. The zero-order valence-corrected chi connectivity index (χ0v) is 22.8. The van der Waals surface area contributed by atoms with Crippen molar-refractivity contribution in [3.05, 3.63) is 78.9 Å². The van der Waals surface area contributed by atoms with Crippen LogP contribution in [-0.2, 0) is 10.0 Å². The van der Waals surface area contributed by atoms with Gasteiger partial charge in [0.15, 0.2) is 0 Å². The maximum absolute atomic E-state index is 12.9. The Morgan fingerprint density at radius 3 is 2.05 bits per heavy atom. The Labute approximate surface area is 225 Å². The van der Waals surface area contributed by atoms with E-state index in [2.05, 4.69) is 10.0 Å². The Balaban J connectivity index is 1.11. The molecule has 1 aromatic heterocycles. The number of fused-ring (bicyclic) bond motifs is 1. The van der Waals surface area contributed by atoms with E-state index >= 15 is 0 Å². The Morgan fingerprint density at radius 2 is 1.37 bits per heavy atom. The maximum Gasteiger partial charge on any atom is 0.240 e. The van der Waals surface area contributed by atoms with Crippen LogP contribution in [0.5, 0.6) is 0 Å². The SMILES string of the molecule is CN(C)c1nc(NC[C@H]2CC[C@H](CNS(=O)(=O)c3ccc(-c4ccccc4)cc3)CC2)nc2ccccc12. The number of anilines is 2. The quantitative estimate of drug-likeness (QED) is 0.295. The van der Waals surface area contributed by atoms with Crippen LogP contribution in [0.2, 0.25) is 0 Å². The van der Waals surface area contributed by atoms with Gasteiger partial charge in [0.25, 0.3) is 0 Å². The first-order valence-electron chi connectivity index (χ1n) is 13.2. The van der Waals surface area contributed by atoms with Crippen molar-refractivity contribution in [2.24, 2.45) is 11.8 Å². The minimum Gasteiger partial charge on any atom is -0.362 e. The first kappa shape index (κ1) is 26.1. The highest BCUT2D eigenvalue weighted by Gasteiger charge is 2.24. The van der Waals surface area contributed by atoms with Gasteiger partial charge in [-0.25, -0.2) is 18.1 Å². The van der Waals surface area contributed by atoms with E-state index in [1.54, 1.807) is 12.1 Å². The van der Waals surface area contributed by atoms with Gasteiger partial charge in [0, 0.05) is 32.6 Å². The fraction of sp³-hybridized carbons (Fsp3) is 0.333. The van der Waals surface area contributed by atoms with E-state index in [4.69, 9.17) is 9.97 Å². The number of hydrogen-bond acceptors (Lipinski definition) is 6. The van der Waals surface area contributed by atoms with E-state index in [1.165, 1.54) is 0 Å². The topological polar surface area (TPSA) is 87.2 Å². The number of nitrogens with one attached hydrogen (secondary N) is 2. The second kappa shape index (κ2) is 11.5. The second-order valence-electron chi connectivity index (χ2n) is 10.3. The lowest BCUT2D eigenvalue weighted by Crippen LogP contribution is -2.32. The van der Waals surface area contributed by atoms with Crippen LogP contribution < -0.4 is 14.9 Å². The lowest BCUT2D eigenvalue weighted by molar-refractivity contribution is 0.284. The zero-order chi connectivity index (χ0) is 26.5. The van der Waals surface area contributed by atoms with Gasteiger partial charge in [-0.05, 0) is 72.9 Å². The zero-order valence-electron chi connectivity index (χ0n) is 22.0. The summed E-state index contributed by atoms with van der Waals surface area (Å²) < 4.78 is 28.6. The molecule has 0 saturated heterocycles. The highest BCUT2D eigenvalue weighted by atomic mass is 32.2. The summed E-state index contributed by atoms with van der Waals surface area (Å²) in [6, 6.07) is 25.1. The van der Waals surface area contributed by atoms with Crippen molar-refractivity contribution in [2.75, 3.05) is 37.4 Å². The van der Waals surface area contributed by atoms with Crippen molar-refractivity contribution < 1.29 is 8.42 Å². The molecule has 2 N–H and O–H groups in total. The van der Waals surface area contributed by atoms with Crippen LogP contribution in [0.1, 0.15) is 25.7 Å². The fourth-order valence-corrected chi connectivity index (χ4v) is 6.24. The molecule has 8 heteroatoms. The van der Waals surface area contributed by atoms with Crippen LogP contribution in [0.3, 0.4) is 0 Å². The van der Waals surface area contributed by atoms with Crippen LogP contribution in [0, 0.1) is 11.8 Å². The molecule has 7 nitrogen and oxygen atoms in total. The summed E-state index contributed by atoms with van der Waals surface area (Å²) in [5.74, 6) is 2.43. The average Bonchev–Trinajstić information content (AvgIpc) is 2.95. The number of rotatable bonds is 9. The lowest BCUT2D eigenvalue weighted by atomic mass is 9.82. The monoisotopic (exact) mass is 529 g/mol. The second-order valence-corrected chi connectivity index (χ2v) is 12.1. The summed E-state index contributed by atoms with van der Waals surface area (Å²) in [6.45, 7) is 1.29. The third-order valence-electron chi connectivity index (χ3n) is 7.36. The molecule has 0 radical (unpaired) electrons. The molecule has 3 aromatic carbocycles. The van der Waals surface area contributed by atoms with E-state index in [0.29, 0.717) is 29.2 Å². The summed E-state index contributed by atoms with van der Waals surface area (Å²) >= 11 is 0. The summed E-state index contributed by atoms with van der Waals surface area (Å²) in [5.41, 5.74) is 3.00. The molecule has 1 fully saturated rings. The average molecular weight is 530 g/mol. The molecule has 0 amide bonds. The van der Waals surface area contributed by atoms with Crippen molar-refractivity contribution >= 4 is 32.7 Å². The number of benzene rings is 3. The summed E-state index contributed by atoms with van der Waals surface area (Å²) in [5, 5.41) is 4.49. The molecule has 0 atom stereocenters. The summed E-state index contributed by atoms with van der Waals surface area (Å²) in [4.78, 5) is 11.8. The van der Waals surface area contributed by atoms with Crippen molar-refractivity contribution in [1.82, 2.24) is 14.7 Å². The van der Waals surface area contributed by atoms with E-state index in [9.17, 15) is 8.42 Å². The van der Waals surface area contributed by atoms with E-state index in [-0.39, 0.29) is 0 Å². The predicted octanol–water partition coefficient (Wildman–Crippen LogP) is 5.56. The van der Waals surface area contributed by atoms with Gasteiger partial charge in [-0.1, -0.05) is 54.6 Å². The fourth-order valence-electron chi connectivity index (χ4n) is 5.12. The molecule has 0 spiro atoms. The molecule has 38 heavy (non-hydrogen) atoms. The number of para-hydroxylation sites is 1. The molecule has 5 rings (SSSR count). The molecule has 0 bridgehead atoms. The largest absolute Gasteiger partial charge is 0.362 e. The highest BCUT2D eigenvalue weighted by Crippen LogP contribution is 2.30. The minimum atomic E-state index is -3.53.